The fourth-order valence-corrected chi connectivity index (χ4v) is 1.54. The summed E-state index contributed by atoms with van der Waals surface area (Å²) in [5, 5.41) is 29.9. The predicted molar refractivity (Wildman–Crippen MR) is 68.6 cm³/mol. The van der Waals surface area contributed by atoms with Crippen molar-refractivity contribution in [2.45, 2.75) is 18.9 Å². The Morgan fingerprint density at radius 1 is 1.19 bits per heavy atom. The lowest BCUT2D eigenvalue weighted by Gasteiger charge is -2.12. The van der Waals surface area contributed by atoms with Crippen LogP contribution in [-0.2, 0) is 20.8 Å². The number of hydrogen-bond acceptors (Lipinski definition) is 5. The van der Waals surface area contributed by atoms with Gasteiger partial charge >= 0.3 is 11.9 Å². The van der Waals surface area contributed by atoms with Gasteiger partial charge in [0.05, 0.1) is 17.8 Å². The van der Waals surface area contributed by atoms with Crippen molar-refractivity contribution in [3.05, 3.63) is 39.9 Å². The highest BCUT2D eigenvalue weighted by molar-refractivity contribution is 5.87. The van der Waals surface area contributed by atoms with Crippen molar-refractivity contribution in [1.82, 2.24) is 5.32 Å². The zero-order valence-electron chi connectivity index (χ0n) is 10.7. The number of carbonyl (C=O) groups is 3. The maximum atomic E-state index is 11.6. The van der Waals surface area contributed by atoms with E-state index in [4.69, 9.17) is 10.2 Å². The number of nitro benzene ring substituents is 1. The Bertz CT molecular complexity index is 567. The van der Waals surface area contributed by atoms with E-state index in [1.54, 1.807) is 0 Å². The molecule has 0 radical (unpaired) electrons. The summed E-state index contributed by atoms with van der Waals surface area (Å²) in [6, 6.07) is 3.64. The summed E-state index contributed by atoms with van der Waals surface area (Å²) >= 11 is 0. The number of carbonyl (C=O) groups excluding carboxylic acids is 1. The molecule has 1 aromatic rings. The normalized spacial score (nSPS) is 11.4. The van der Waals surface area contributed by atoms with Crippen LogP contribution in [0.15, 0.2) is 24.3 Å². The second-order valence-electron chi connectivity index (χ2n) is 4.16. The van der Waals surface area contributed by atoms with Crippen LogP contribution in [0.25, 0.3) is 0 Å². The number of aliphatic carboxylic acids is 2. The van der Waals surface area contributed by atoms with Crippen LogP contribution in [0, 0.1) is 10.1 Å². The van der Waals surface area contributed by atoms with Gasteiger partial charge in [-0.25, -0.2) is 4.79 Å². The smallest absolute Gasteiger partial charge is 0.326 e. The molecule has 1 aromatic carbocycles. The maximum absolute atomic E-state index is 11.6. The van der Waals surface area contributed by atoms with Crippen LogP contribution >= 0.6 is 0 Å². The molecule has 1 atom stereocenters. The third kappa shape index (κ3) is 5.27. The van der Waals surface area contributed by atoms with Crippen molar-refractivity contribution < 1.29 is 29.5 Å². The van der Waals surface area contributed by atoms with E-state index >= 15 is 0 Å². The van der Waals surface area contributed by atoms with Gasteiger partial charge in [0.1, 0.15) is 6.04 Å². The van der Waals surface area contributed by atoms with Crippen LogP contribution in [-0.4, -0.2) is 39.0 Å². The van der Waals surface area contributed by atoms with E-state index in [0.29, 0.717) is 5.56 Å². The predicted octanol–water partition coefficient (Wildman–Crippen LogP) is 0.181. The topological polar surface area (TPSA) is 147 Å². The average molecular weight is 296 g/mol. The van der Waals surface area contributed by atoms with Crippen LogP contribution in [0.1, 0.15) is 12.0 Å². The van der Waals surface area contributed by atoms with Gasteiger partial charge in [0.25, 0.3) is 5.69 Å². The third-order valence-corrected chi connectivity index (χ3v) is 2.52. The van der Waals surface area contributed by atoms with E-state index in [9.17, 15) is 24.5 Å². The van der Waals surface area contributed by atoms with Gasteiger partial charge in [-0.15, -0.1) is 0 Å². The Balaban J connectivity index is 2.65. The first-order valence-electron chi connectivity index (χ1n) is 5.77. The molecule has 0 aliphatic carbocycles. The Morgan fingerprint density at radius 3 is 2.19 bits per heavy atom. The van der Waals surface area contributed by atoms with Crippen molar-refractivity contribution in [1.29, 1.82) is 0 Å². The standard InChI is InChI=1S/C12H12N2O7/c15-10(13-9(12(18)19)6-11(16)17)5-7-1-3-8(4-2-7)14(20)21/h1-4,9H,5-6H2,(H,13,15)(H,16,17)(H,18,19). The Labute approximate surface area is 118 Å². The van der Waals surface area contributed by atoms with Gasteiger partial charge in [0.2, 0.25) is 5.91 Å². The Morgan fingerprint density at radius 2 is 1.76 bits per heavy atom. The zero-order chi connectivity index (χ0) is 16.0. The number of rotatable bonds is 7. The molecule has 0 aromatic heterocycles. The zero-order valence-corrected chi connectivity index (χ0v) is 10.7. The lowest BCUT2D eigenvalue weighted by atomic mass is 10.1. The number of non-ortho nitro benzene ring substituents is 1. The summed E-state index contributed by atoms with van der Waals surface area (Å²) < 4.78 is 0. The lowest BCUT2D eigenvalue weighted by molar-refractivity contribution is -0.384. The van der Waals surface area contributed by atoms with Gasteiger partial charge < -0.3 is 15.5 Å². The summed E-state index contributed by atoms with van der Waals surface area (Å²) in [4.78, 5) is 42.8. The van der Waals surface area contributed by atoms with Crippen molar-refractivity contribution in [2.24, 2.45) is 0 Å². The van der Waals surface area contributed by atoms with E-state index in [-0.39, 0.29) is 12.1 Å². The molecule has 0 saturated heterocycles. The number of amides is 1. The monoisotopic (exact) mass is 296 g/mol. The molecule has 1 unspecified atom stereocenters. The number of carboxylic acid groups (broad SMARTS) is 2. The lowest BCUT2D eigenvalue weighted by Crippen LogP contribution is -2.42. The quantitative estimate of drug-likeness (QED) is 0.480. The van der Waals surface area contributed by atoms with Crippen LogP contribution in [0.5, 0.6) is 0 Å². The third-order valence-electron chi connectivity index (χ3n) is 2.52. The Kier molecular flexibility index (Phi) is 5.35. The van der Waals surface area contributed by atoms with Crippen LogP contribution in [0.4, 0.5) is 5.69 Å². The van der Waals surface area contributed by atoms with Crippen LogP contribution in [0.2, 0.25) is 0 Å². The summed E-state index contributed by atoms with van der Waals surface area (Å²) in [5.74, 6) is -3.48. The molecule has 0 heterocycles. The van der Waals surface area contributed by atoms with Gasteiger partial charge in [-0.1, -0.05) is 12.1 Å². The summed E-state index contributed by atoms with van der Waals surface area (Å²) in [6.45, 7) is 0. The van der Waals surface area contributed by atoms with E-state index < -0.39 is 35.2 Å². The largest absolute Gasteiger partial charge is 0.481 e. The van der Waals surface area contributed by atoms with Gasteiger partial charge in [-0.2, -0.15) is 0 Å². The molecule has 0 fully saturated rings. The SMILES string of the molecule is O=C(O)CC(NC(=O)Cc1ccc([N+](=O)[O-])cc1)C(=O)O. The first kappa shape index (κ1) is 16.1. The number of carboxylic acids is 2. The molecule has 1 rings (SSSR count). The molecule has 9 heteroatoms. The molecule has 9 nitrogen and oxygen atoms in total. The molecule has 0 aliphatic rings. The van der Waals surface area contributed by atoms with E-state index in [1.807, 2.05) is 0 Å². The molecule has 3 N–H and O–H groups in total. The highest BCUT2D eigenvalue weighted by atomic mass is 16.6. The van der Waals surface area contributed by atoms with Crippen molar-refractivity contribution in [3.63, 3.8) is 0 Å². The van der Waals surface area contributed by atoms with Crippen LogP contribution < -0.4 is 5.32 Å². The molecule has 0 bridgehead atoms. The van der Waals surface area contributed by atoms with Crippen molar-refractivity contribution in [2.75, 3.05) is 0 Å². The highest BCUT2D eigenvalue weighted by Crippen LogP contribution is 2.12. The maximum Gasteiger partial charge on any atom is 0.326 e. The fraction of sp³-hybridized carbons (Fsp3) is 0.250. The number of hydrogen-bond donors (Lipinski definition) is 3. The molecule has 112 valence electrons. The second kappa shape index (κ2) is 6.98. The minimum atomic E-state index is -1.52. The molecular formula is C12H12N2O7. The molecule has 0 spiro atoms. The van der Waals surface area contributed by atoms with E-state index in [2.05, 4.69) is 5.32 Å². The molecule has 1 amide bonds. The number of nitrogens with one attached hydrogen (secondary N) is 1. The van der Waals surface area contributed by atoms with E-state index in [1.165, 1.54) is 24.3 Å². The minimum absolute atomic E-state index is 0.131. The van der Waals surface area contributed by atoms with Crippen molar-refractivity contribution >= 4 is 23.5 Å². The molecular weight excluding hydrogens is 284 g/mol. The minimum Gasteiger partial charge on any atom is -0.481 e. The number of benzene rings is 1. The van der Waals surface area contributed by atoms with Gasteiger partial charge in [0, 0.05) is 12.1 Å². The first-order chi connectivity index (χ1) is 9.79. The van der Waals surface area contributed by atoms with Gasteiger partial charge in [-0.3, -0.25) is 19.7 Å². The summed E-state index contributed by atoms with van der Waals surface area (Å²) in [7, 11) is 0. The average Bonchev–Trinajstić information content (AvgIpc) is 2.37. The Hall–Kier alpha value is -2.97. The van der Waals surface area contributed by atoms with Crippen LogP contribution in [0.3, 0.4) is 0 Å². The summed E-state index contributed by atoms with van der Waals surface area (Å²) in [5.41, 5.74) is 0.311. The fourth-order valence-electron chi connectivity index (χ4n) is 1.54. The second-order valence-corrected chi connectivity index (χ2v) is 4.16. The first-order valence-corrected chi connectivity index (χ1v) is 5.77. The molecule has 0 saturated carbocycles. The van der Waals surface area contributed by atoms with Gasteiger partial charge in [-0.05, 0) is 5.56 Å². The number of nitrogens with zero attached hydrogens (tertiary/aromatic N) is 1. The van der Waals surface area contributed by atoms with Crippen molar-refractivity contribution in [3.8, 4) is 0 Å². The molecule has 0 aliphatic heterocycles. The van der Waals surface area contributed by atoms with E-state index in [0.717, 1.165) is 0 Å². The highest BCUT2D eigenvalue weighted by Gasteiger charge is 2.23. The molecule has 21 heavy (non-hydrogen) atoms. The van der Waals surface area contributed by atoms with Gasteiger partial charge in [0.15, 0.2) is 0 Å². The summed E-state index contributed by atoms with van der Waals surface area (Å²) in [6.07, 6.45) is -0.942. The number of nitro groups is 1.